The quantitative estimate of drug-likeness (QED) is 0.843. The van der Waals surface area contributed by atoms with Gasteiger partial charge in [0.05, 0.1) is 11.2 Å². The van der Waals surface area contributed by atoms with Crippen molar-refractivity contribution in [2.24, 2.45) is 11.8 Å². The van der Waals surface area contributed by atoms with E-state index in [4.69, 9.17) is 9.47 Å². The minimum absolute atomic E-state index is 0.0822. The molecule has 0 radical (unpaired) electrons. The number of hydrogen-bond acceptors (Lipinski definition) is 4. The van der Waals surface area contributed by atoms with Crippen LogP contribution < -0.4 is 5.32 Å². The van der Waals surface area contributed by atoms with E-state index in [1.54, 1.807) is 0 Å². The highest BCUT2D eigenvalue weighted by molar-refractivity contribution is 5.05. The molecule has 124 valence electrons. The van der Waals surface area contributed by atoms with Crippen molar-refractivity contribution in [3.8, 4) is 0 Å². The van der Waals surface area contributed by atoms with Gasteiger partial charge in [-0.1, -0.05) is 0 Å². The summed E-state index contributed by atoms with van der Waals surface area (Å²) in [5, 5.41) is 3.50. The Hall–Kier alpha value is -0.160. The molecule has 0 saturated carbocycles. The van der Waals surface area contributed by atoms with E-state index in [1.165, 1.54) is 19.4 Å². The lowest BCUT2D eigenvalue weighted by Crippen LogP contribution is -2.49. The Labute approximate surface area is 130 Å². The van der Waals surface area contributed by atoms with Crippen LogP contribution in [0.25, 0.3) is 0 Å². The summed E-state index contributed by atoms with van der Waals surface area (Å²) in [6.07, 6.45) is 2.41. The van der Waals surface area contributed by atoms with Gasteiger partial charge in [-0.05, 0) is 60.5 Å². The molecule has 0 aromatic heterocycles. The van der Waals surface area contributed by atoms with Gasteiger partial charge in [0.15, 0.2) is 0 Å². The van der Waals surface area contributed by atoms with Crippen LogP contribution in [0.15, 0.2) is 0 Å². The van der Waals surface area contributed by atoms with Crippen molar-refractivity contribution < 1.29 is 9.47 Å². The van der Waals surface area contributed by atoms with Gasteiger partial charge >= 0.3 is 0 Å². The number of hydrogen-bond donors (Lipinski definition) is 1. The van der Waals surface area contributed by atoms with Gasteiger partial charge in [0.25, 0.3) is 0 Å². The molecule has 21 heavy (non-hydrogen) atoms. The molecular formula is C17H34N2O2. The first kappa shape index (κ1) is 17.2. The third-order valence-electron chi connectivity index (χ3n) is 5.30. The van der Waals surface area contributed by atoms with Crippen LogP contribution in [0.2, 0.25) is 0 Å². The second-order valence-electron chi connectivity index (χ2n) is 7.96. The summed E-state index contributed by atoms with van der Waals surface area (Å²) in [5.41, 5.74) is -0.191. The maximum Gasteiger partial charge on any atom is 0.0790 e. The lowest BCUT2D eigenvalue weighted by molar-refractivity contribution is -0.0794. The van der Waals surface area contributed by atoms with Crippen LogP contribution in [-0.4, -0.2) is 62.5 Å². The summed E-state index contributed by atoms with van der Waals surface area (Å²) in [4.78, 5) is 2.50. The fourth-order valence-electron chi connectivity index (χ4n) is 4.36. The molecule has 2 aliphatic heterocycles. The summed E-state index contributed by atoms with van der Waals surface area (Å²) >= 11 is 0. The van der Waals surface area contributed by atoms with E-state index in [0.717, 1.165) is 25.7 Å². The lowest BCUT2D eigenvalue weighted by Gasteiger charge is -2.34. The van der Waals surface area contributed by atoms with E-state index in [0.29, 0.717) is 12.0 Å². The number of likely N-dealkylation sites (N-methyl/N-ethyl adjacent to an activating group) is 1. The van der Waals surface area contributed by atoms with Gasteiger partial charge in [-0.3, -0.25) is 0 Å². The minimum Gasteiger partial charge on any atom is -0.381 e. The molecule has 2 rings (SSSR count). The predicted molar refractivity (Wildman–Crippen MR) is 86.6 cm³/mol. The van der Waals surface area contributed by atoms with Crippen LogP contribution in [0.3, 0.4) is 0 Å². The maximum atomic E-state index is 6.33. The number of ether oxygens (including phenoxy) is 2. The lowest BCUT2D eigenvalue weighted by atomic mass is 9.82. The average molecular weight is 298 g/mol. The number of nitrogens with zero attached hydrogens (tertiary/aromatic N) is 1. The molecule has 0 aromatic carbocycles. The molecule has 4 heteroatoms. The molecule has 0 aromatic rings. The van der Waals surface area contributed by atoms with Crippen molar-refractivity contribution in [2.45, 2.75) is 57.8 Å². The Kier molecular flexibility index (Phi) is 5.35. The molecule has 2 heterocycles. The normalized spacial score (nSPS) is 32.7. The van der Waals surface area contributed by atoms with E-state index >= 15 is 0 Å². The van der Waals surface area contributed by atoms with Gasteiger partial charge in [-0.15, -0.1) is 0 Å². The molecular weight excluding hydrogens is 264 g/mol. The highest BCUT2D eigenvalue weighted by atomic mass is 16.5. The minimum atomic E-state index is -0.109. The molecule has 0 amide bonds. The number of rotatable bonds is 5. The second-order valence-corrected chi connectivity index (χ2v) is 7.96. The standard InChI is InChI=1S/C17H34N2O2/c1-16(2)14(15(18-5)17(3,4)21-16)12-19(6)11-13-7-9-20-10-8-13/h13-15,18H,7-12H2,1-6H3. The van der Waals surface area contributed by atoms with Crippen molar-refractivity contribution in [3.05, 3.63) is 0 Å². The second kappa shape index (κ2) is 6.53. The van der Waals surface area contributed by atoms with Crippen molar-refractivity contribution in [1.82, 2.24) is 10.2 Å². The summed E-state index contributed by atoms with van der Waals surface area (Å²) in [7, 11) is 4.31. The first-order valence-corrected chi connectivity index (χ1v) is 8.40. The Morgan fingerprint density at radius 1 is 1.05 bits per heavy atom. The van der Waals surface area contributed by atoms with E-state index in [1.807, 2.05) is 0 Å². The highest BCUT2D eigenvalue weighted by Crippen LogP contribution is 2.42. The summed E-state index contributed by atoms with van der Waals surface area (Å²) in [5.74, 6) is 1.29. The molecule has 0 aliphatic carbocycles. The summed E-state index contributed by atoms with van der Waals surface area (Å²) < 4.78 is 11.8. The highest BCUT2D eigenvalue weighted by Gasteiger charge is 2.53. The molecule has 2 atom stereocenters. The monoisotopic (exact) mass is 298 g/mol. The molecule has 4 nitrogen and oxygen atoms in total. The van der Waals surface area contributed by atoms with Crippen LogP contribution in [0.5, 0.6) is 0 Å². The van der Waals surface area contributed by atoms with Gasteiger partial charge in [0, 0.05) is 38.3 Å². The molecule has 0 bridgehead atoms. The average Bonchev–Trinajstić information content (AvgIpc) is 2.55. The largest absolute Gasteiger partial charge is 0.381 e. The molecule has 2 fully saturated rings. The zero-order valence-electron chi connectivity index (χ0n) is 14.7. The van der Waals surface area contributed by atoms with Crippen molar-refractivity contribution >= 4 is 0 Å². The van der Waals surface area contributed by atoms with Crippen LogP contribution >= 0.6 is 0 Å². The van der Waals surface area contributed by atoms with Crippen LogP contribution in [0, 0.1) is 11.8 Å². The zero-order valence-corrected chi connectivity index (χ0v) is 14.7. The summed E-state index contributed by atoms with van der Waals surface area (Å²) in [6.45, 7) is 13.0. The molecule has 2 unspecified atom stereocenters. The molecule has 2 aliphatic rings. The SMILES string of the molecule is CNC1C(CN(C)CC2CCOCC2)C(C)(C)OC1(C)C. The van der Waals surface area contributed by atoms with E-state index in [2.05, 4.69) is 52.0 Å². The van der Waals surface area contributed by atoms with Crippen LogP contribution in [0.4, 0.5) is 0 Å². The third kappa shape index (κ3) is 3.98. The Balaban J connectivity index is 1.95. The third-order valence-corrected chi connectivity index (χ3v) is 5.30. The van der Waals surface area contributed by atoms with Crippen molar-refractivity contribution in [3.63, 3.8) is 0 Å². The van der Waals surface area contributed by atoms with Crippen LogP contribution in [-0.2, 0) is 9.47 Å². The molecule has 1 N–H and O–H groups in total. The fourth-order valence-corrected chi connectivity index (χ4v) is 4.36. The Morgan fingerprint density at radius 3 is 2.24 bits per heavy atom. The molecule has 0 spiro atoms. The first-order valence-electron chi connectivity index (χ1n) is 8.40. The summed E-state index contributed by atoms with van der Waals surface area (Å²) in [6, 6.07) is 0.393. The maximum absolute atomic E-state index is 6.33. The first-order chi connectivity index (χ1) is 9.76. The Morgan fingerprint density at radius 2 is 1.67 bits per heavy atom. The van der Waals surface area contributed by atoms with Gasteiger partial charge in [-0.2, -0.15) is 0 Å². The number of nitrogens with one attached hydrogen (secondary N) is 1. The fraction of sp³-hybridized carbons (Fsp3) is 1.00. The van der Waals surface area contributed by atoms with E-state index < -0.39 is 0 Å². The molecule has 2 saturated heterocycles. The van der Waals surface area contributed by atoms with Crippen LogP contribution in [0.1, 0.15) is 40.5 Å². The zero-order chi connectivity index (χ0) is 15.7. The van der Waals surface area contributed by atoms with Gasteiger partial charge < -0.3 is 19.7 Å². The van der Waals surface area contributed by atoms with E-state index in [-0.39, 0.29) is 11.2 Å². The predicted octanol–water partition coefficient (Wildman–Crippen LogP) is 2.14. The van der Waals surface area contributed by atoms with E-state index in [9.17, 15) is 0 Å². The Bertz CT molecular complexity index is 338. The van der Waals surface area contributed by atoms with Gasteiger partial charge in [0.2, 0.25) is 0 Å². The van der Waals surface area contributed by atoms with Gasteiger partial charge in [0.1, 0.15) is 0 Å². The van der Waals surface area contributed by atoms with Crippen molar-refractivity contribution in [2.75, 3.05) is 40.4 Å². The smallest absolute Gasteiger partial charge is 0.0790 e. The van der Waals surface area contributed by atoms with Gasteiger partial charge in [-0.25, -0.2) is 0 Å². The van der Waals surface area contributed by atoms with Crippen molar-refractivity contribution in [1.29, 1.82) is 0 Å². The topological polar surface area (TPSA) is 33.7 Å².